The highest BCUT2D eigenvalue weighted by Crippen LogP contribution is 2.32. The fraction of sp³-hybridized carbons (Fsp3) is 0.455. The Morgan fingerprint density at radius 2 is 1.91 bits per heavy atom. The van der Waals surface area contributed by atoms with Crippen LogP contribution in [0.1, 0.15) is 44.7 Å². The number of aromatic nitrogens is 1. The Kier molecular flexibility index (Phi) is 7.88. The molecular formula is C22H26Cl2N4O3S. The predicted octanol–water partition coefficient (Wildman–Crippen LogP) is 4.38. The van der Waals surface area contributed by atoms with E-state index in [1.54, 1.807) is 22.9 Å². The molecule has 1 heterocycles. The number of rotatable bonds is 8. The standard InChI is InChI=1S/C22H26Cl2N4O3S/c1-14-4-6-15(7-5-14)22(29)20(8-10-28-9-2-3-16(28)13-25)27-32(30,31)17-11-18(23)21(26)19(24)12-17/h2-3,9,11-12,14-15,20,27H,4-8,10,26H2,1H3. The van der Waals surface area contributed by atoms with Crippen LogP contribution in [0.25, 0.3) is 0 Å². The van der Waals surface area contributed by atoms with Crippen LogP contribution in [0.15, 0.2) is 35.4 Å². The minimum Gasteiger partial charge on any atom is -0.396 e. The first-order chi connectivity index (χ1) is 15.1. The van der Waals surface area contributed by atoms with Crippen molar-refractivity contribution in [3.05, 3.63) is 46.2 Å². The third-order valence-electron chi connectivity index (χ3n) is 6.02. The van der Waals surface area contributed by atoms with Crippen LogP contribution in [0, 0.1) is 23.2 Å². The van der Waals surface area contributed by atoms with Gasteiger partial charge in [-0.25, -0.2) is 13.1 Å². The molecule has 0 radical (unpaired) electrons. The number of nitrogens with zero attached hydrogens (tertiary/aromatic N) is 2. The molecule has 0 spiro atoms. The van der Waals surface area contributed by atoms with Crippen molar-refractivity contribution < 1.29 is 13.2 Å². The molecule has 0 amide bonds. The number of halogens is 2. The second kappa shape index (κ2) is 10.3. The van der Waals surface area contributed by atoms with E-state index in [4.69, 9.17) is 28.9 Å². The first-order valence-corrected chi connectivity index (χ1v) is 12.7. The lowest BCUT2D eigenvalue weighted by atomic mass is 9.79. The molecule has 1 saturated carbocycles. The zero-order valence-electron chi connectivity index (χ0n) is 17.7. The van der Waals surface area contributed by atoms with Gasteiger partial charge in [0.15, 0.2) is 5.78 Å². The molecule has 0 aliphatic heterocycles. The Labute approximate surface area is 198 Å². The summed E-state index contributed by atoms with van der Waals surface area (Å²) in [5, 5.41) is 9.28. The van der Waals surface area contributed by atoms with Gasteiger partial charge in [0, 0.05) is 18.7 Å². The van der Waals surface area contributed by atoms with E-state index < -0.39 is 16.1 Å². The monoisotopic (exact) mass is 496 g/mol. The fourth-order valence-corrected chi connectivity index (χ4v) is 5.95. The van der Waals surface area contributed by atoms with Gasteiger partial charge in [-0.15, -0.1) is 0 Å². The van der Waals surface area contributed by atoms with Crippen LogP contribution in [-0.2, 0) is 21.4 Å². The normalized spacial score (nSPS) is 19.9. The predicted molar refractivity (Wildman–Crippen MR) is 125 cm³/mol. The molecule has 10 heteroatoms. The van der Waals surface area contributed by atoms with Crippen molar-refractivity contribution in [2.75, 3.05) is 5.73 Å². The number of hydrogen-bond acceptors (Lipinski definition) is 5. The summed E-state index contributed by atoms with van der Waals surface area (Å²) in [4.78, 5) is 13.2. The molecule has 1 atom stereocenters. The van der Waals surface area contributed by atoms with E-state index in [0.29, 0.717) is 18.2 Å². The van der Waals surface area contributed by atoms with Gasteiger partial charge in [-0.1, -0.05) is 43.0 Å². The van der Waals surface area contributed by atoms with Gasteiger partial charge < -0.3 is 10.3 Å². The number of aryl methyl sites for hydroxylation is 1. The van der Waals surface area contributed by atoms with Crippen LogP contribution >= 0.6 is 23.2 Å². The number of ketones is 1. The Bertz CT molecular complexity index is 1110. The topological polar surface area (TPSA) is 118 Å². The lowest BCUT2D eigenvalue weighted by Crippen LogP contribution is -2.44. The van der Waals surface area contributed by atoms with Crippen molar-refractivity contribution in [1.82, 2.24) is 9.29 Å². The highest BCUT2D eigenvalue weighted by molar-refractivity contribution is 7.89. The highest BCUT2D eigenvalue weighted by Gasteiger charge is 2.33. The van der Waals surface area contributed by atoms with Crippen LogP contribution in [0.5, 0.6) is 0 Å². The molecule has 0 bridgehead atoms. The molecule has 1 fully saturated rings. The van der Waals surface area contributed by atoms with Gasteiger partial charge in [-0.05, 0) is 49.4 Å². The summed E-state index contributed by atoms with van der Waals surface area (Å²) < 4.78 is 30.5. The summed E-state index contributed by atoms with van der Waals surface area (Å²) >= 11 is 12.0. The molecule has 32 heavy (non-hydrogen) atoms. The van der Waals surface area contributed by atoms with E-state index in [2.05, 4.69) is 17.7 Å². The van der Waals surface area contributed by atoms with Gasteiger partial charge in [0.05, 0.1) is 26.7 Å². The summed E-state index contributed by atoms with van der Waals surface area (Å²) in [5.74, 6) is 0.239. The van der Waals surface area contributed by atoms with Crippen LogP contribution in [0.4, 0.5) is 5.69 Å². The first-order valence-electron chi connectivity index (χ1n) is 10.5. The van der Waals surface area contributed by atoms with Gasteiger partial charge in [-0.3, -0.25) is 4.79 Å². The van der Waals surface area contributed by atoms with Crippen molar-refractivity contribution in [2.24, 2.45) is 11.8 Å². The lowest BCUT2D eigenvalue weighted by molar-refractivity contribution is -0.125. The Morgan fingerprint density at radius 3 is 2.50 bits per heavy atom. The average Bonchev–Trinajstić information content (AvgIpc) is 3.22. The highest BCUT2D eigenvalue weighted by atomic mass is 35.5. The number of anilines is 1. The molecule has 1 aliphatic rings. The summed E-state index contributed by atoms with van der Waals surface area (Å²) in [5.41, 5.74) is 6.26. The molecule has 172 valence electrons. The van der Waals surface area contributed by atoms with Gasteiger partial charge in [0.1, 0.15) is 11.8 Å². The Morgan fingerprint density at radius 1 is 1.28 bits per heavy atom. The maximum atomic E-state index is 13.3. The third-order valence-corrected chi connectivity index (χ3v) is 8.10. The number of nitriles is 1. The zero-order chi connectivity index (χ0) is 23.5. The molecule has 1 aliphatic carbocycles. The molecule has 7 nitrogen and oxygen atoms in total. The average molecular weight is 497 g/mol. The fourth-order valence-electron chi connectivity index (χ4n) is 4.04. The molecule has 1 aromatic heterocycles. The molecule has 0 saturated heterocycles. The quantitative estimate of drug-likeness (QED) is 0.525. The third kappa shape index (κ3) is 5.65. The minimum absolute atomic E-state index is 0.0213. The SMILES string of the molecule is CC1CCC(C(=O)C(CCn2cccc2C#N)NS(=O)(=O)c2cc(Cl)c(N)c(Cl)c2)CC1. The van der Waals surface area contributed by atoms with E-state index in [-0.39, 0.29) is 38.8 Å². The number of nitrogens with two attached hydrogens (primary N) is 1. The van der Waals surface area contributed by atoms with Crippen molar-refractivity contribution >= 4 is 44.7 Å². The van der Waals surface area contributed by atoms with E-state index in [0.717, 1.165) is 25.7 Å². The van der Waals surface area contributed by atoms with Gasteiger partial charge in [0.2, 0.25) is 10.0 Å². The summed E-state index contributed by atoms with van der Waals surface area (Å²) in [6.45, 7) is 2.48. The maximum absolute atomic E-state index is 13.3. The first kappa shape index (κ1) is 24.6. The second-order valence-electron chi connectivity index (χ2n) is 8.32. The number of sulfonamides is 1. The summed E-state index contributed by atoms with van der Waals surface area (Å²) in [6, 6.07) is 6.98. The zero-order valence-corrected chi connectivity index (χ0v) is 20.1. The van der Waals surface area contributed by atoms with E-state index in [1.165, 1.54) is 12.1 Å². The molecule has 1 unspecified atom stereocenters. The minimum atomic E-state index is -4.09. The number of Topliss-reactive ketones (excluding diaryl/α,β-unsaturated/α-hetero) is 1. The molecular weight excluding hydrogens is 471 g/mol. The molecule has 2 aromatic rings. The number of hydrogen-bond donors (Lipinski definition) is 2. The molecule has 1 aromatic carbocycles. The number of carbonyl (C=O) groups is 1. The van der Waals surface area contributed by atoms with Crippen molar-refractivity contribution in [3.8, 4) is 6.07 Å². The Balaban J connectivity index is 1.85. The number of benzene rings is 1. The second-order valence-corrected chi connectivity index (χ2v) is 10.8. The van der Waals surface area contributed by atoms with Gasteiger partial charge >= 0.3 is 0 Å². The summed E-state index contributed by atoms with van der Waals surface area (Å²) in [6.07, 6.45) is 5.31. The Hall–Kier alpha value is -2.05. The number of nitrogen functional groups attached to an aromatic ring is 1. The lowest BCUT2D eigenvalue weighted by Gasteiger charge is -2.29. The summed E-state index contributed by atoms with van der Waals surface area (Å²) in [7, 11) is -4.09. The van der Waals surface area contributed by atoms with Crippen LogP contribution < -0.4 is 10.5 Å². The van der Waals surface area contributed by atoms with E-state index in [1.807, 2.05) is 0 Å². The molecule has 3 rings (SSSR count). The van der Waals surface area contributed by atoms with Crippen molar-refractivity contribution in [3.63, 3.8) is 0 Å². The van der Waals surface area contributed by atoms with E-state index >= 15 is 0 Å². The molecule has 3 N–H and O–H groups in total. The maximum Gasteiger partial charge on any atom is 0.241 e. The van der Waals surface area contributed by atoms with Crippen LogP contribution in [0.2, 0.25) is 10.0 Å². The van der Waals surface area contributed by atoms with Crippen LogP contribution in [-0.4, -0.2) is 24.8 Å². The largest absolute Gasteiger partial charge is 0.396 e. The number of nitrogens with one attached hydrogen (secondary N) is 1. The van der Waals surface area contributed by atoms with Gasteiger partial charge in [0.25, 0.3) is 0 Å². The van der Waals surface area contributed by atoms with E-state index in [9.17, 15) is 18.5 Å². The van der Waals surface area contributed by atoms with Crippen LogP contribution in [0.3, 0.4) is 0 Å². The smallest absolute Gasteiger partial charge is 0.241 e. The van der Waals surface area contributed by atoms with Crippen molar-refractivity contribution in [1.29, 1.82) is 5.26 Å². The number of carbonyl (C=O) groups excluding carboxylic acids is 1. The van der Waals surface area contributed by atoms with Crippen molar-refractivity contribution in [2.45, 2.75) is 56.5 Å². The van der Waals surface area contributed by atoms with Gasteiger partial charge in [-0.2, -0.15) is 5.26 Å².